The summed E-state index contributed by atoms with van der Waals surface area (Å²) in [5, 5.41) is 14.2. The number of fused-ring (bicyclic) bond motifs is 2. The highest BCUT2D eigenvalue weighted by molar-refractivity contribution is 7.21. The summed E-state index contributed by atoms with van der Waals surface area (Å²) in [6.07, 6.45) is 0. The molecular formula is C20H21N3O3S. The molecule has 140 valence electrons. The van der Waals surface area contributed by atoms with E-state index in [2.05, 4.69) is 10.3 Å². The maximum Gasteiger partial charge on any atom is 0.234 e. The minimum atomic E-state index is -0.00694. The summed E-state index contributed by atoms with van der Waals surface area (Å²) in [6, 6.07) is 11.7. The second-order valence-electron chi connectivity index (χ2n) is 6.48. The molecule has 7 heteroatoms. The fraction of sp³-hybridized carbons (Fsp3) is 0.300. The Morgan fingerprint density at radius 3 is 3.04 bits per heavy atom. The standard InChI is InChI=1S/C20H21N3O3S/c1-2-21-18(25)12-23-7-8-26-19-14(11-23)9-13(10-16(19)24)20-22-15-5-3-4-6-17(15)27-20/h3-6,9-10,24H,2,7-8,11-12H2,1H3,(H,21,25). The average molecular weight is 383 g/mol. The van der Waals surface area contributed by atoms with Gasteiger partial charge in [0.05, 0.1) is 16.8 Å². The number of para-hydroxylation sites is 1. The SMILES string of the molecule is CCNC(=O)CN1CCOc2c(O)cc(-c3nc4ccccc4s3)cc2C1. The summed E-state index contributed by atoms with van der Waals surface area (Å²) in [5.74, 6) is 0.604. The number of nitrogens with zero attached hydrogens (tertiary/aromatic N) is 2. The number of carbonyl (C=O) groups is 1. The molecule has 2 heterocycles. The van der Waals surface area contributed by atoms with Crippen molar-refractivity contribution in [2.75, 3.05) is 26.2 Å². The summed E-state index contributed by atoms with van der Waals surface area (Å²) in [5.41, 5.74) is 2.67. The van der Waals surface area contributed by atoms with Gasteiger partial charge in [-0.3, -0.25) is 9.69 Å². The Morgan fingerprint density at radius 2 is 2.22 bits per heavy atom. The first kappa shape index (κ1) is 17.8. The molecule has 3 aromatic rings. The Morgan fingerprint density at radius 1 is 1.37 bits per heavy atom. The molecule has 0 aliphatic carbocycles. The second-order valence-corrected chi connectivity index (χ2v) is 7.51. The monoisotopic (exact) mass is 383 g/mol. The molecule has 1 amide bonds. The molecule has 4 rings (SSSR count). The van der Waals surface area contributed by atoms with Crippen LogP contribution in [0.2, 0.25) is 0 Å². The molecule has 2 aromatic carbocycles. The molecule has 27 heavy (non-hydrogen) atoms. The van der Waals surface area contributed by atoms with Crippen LogP contribution in [-0.2, 0) is 11.3 Å². The van der Waals surface area contributed by atoms with E-state index in [1.165, 1.54) is 0 Å². The van der Waals surface area contributed by atoms with E-state index in [1.54, 1.807) is 17.4 Å². The summed E-state index contributed by atoms with van der Waals surface area (Å²) in [4.78, 5) is 18.6. The molecule has 1 aromatic heterocycles. The van der Waals surface area contributed by atoms with Crippen LogP contribution in [-0.4, -0.2) is 47.1 Å². The van der Waals surface area contributed by atoms with Crippen molar-refractivity contribution >= 4 is 27.5 Å². The Hall–Kier alpha value is -2.64. The van der Waals surface area contributed by atoms with Gasteiger partial charge in [0, 0.05) is 30.8 Å². The van der Waals surface area contributed by atoms with Crippen LogP contribution in [0.25, 0.3) is 20.8 Å². The molecule has 0 fully saturated rings. The topological polar surface area (TPSA) is 74.7 Å². The number of aromatic nitrogens is 1. The number of thiazole rings is 1. The number of ether oxygens (including phenoxy) is 1. The first-order valence-electron chi connectivity index (χ1n) is 8.97. The van der Waals surface area contributed by atoms with Crippen molar-refractivity contribution < 1.29 is 14.6 Å². The summed E-state index contributed by atoms with van der Waals surface area (Å²) in [6.45, 7) is 4.42. The van der Waals surface area contributed by atoms with E-state index < -0.39 is 0 Å². The Bertz CT molecular complexity index is 953. The van der Waals surface area contributed by atoms with Crippen LogP contribution >= 0.6 is 11.3 Å². The van der Waals surface area contributed by atoms with Gasteiger partial charge in [-0.05, 0) is 31.2 Å². The smallest absolute Gasteiger partial charge is 0.234 e. The maximum atomic E-state index is 11.9. The molecule has 0 atom stereocenters. The van der Waals surface area contributed by atoms with Gasteiger partial charge in [0.2, 0.25) is 5.91 Å². The van der Waals surface area contributed by atoms with Crippen LogP contribution in [0, 0.1) is 0 Å². The maximum absolute atomic E-state index is 11.9. The highest BCUT2D eigenvalue weighted by Gasteiger charge is 2.22. The molecule has 0 bridgehead atoms. The number of aromatic hydroxyl groups is 1. The van der Waals surface area contributed by atoms with Gasteiger partial charge in [-0.15, -0.1) is 11.3 Å². The van der Waals surface area contributed by atoms with Crippen molar-refractivity contribution in [2.45, 2.75) is 13.5 Å². The number of rotatable bonds is 4. The molecule has 1 aliphatic rings. The lowest BCUT2D eigenvalue weighted by molar-refractivity contribution is -0.122. The highest BCUT2D eigenvalue weighted by Crippen LogP contribution is 2.39. The van der Waals surface area contributed by atoms with E-state index in [0.29, 0.717) is 38.5 Å². The molecule has 0 spiro atoms. The van der Waals surface area contributed by atoms with Crippen molar-refractivity contribution in [3.05, 3.63) is 42.0 Å². The molecule has 2 N–H and O–H groups in total. The van der Waals surface area contributed by atoms with Gasteiger partial charge < -0.3 is 15.2 Å². The van der Waals surface area contributed by atoms with Gasteiger partial charge in [-0.2, -0.15) is 0 Å². The molecule has 0 radical (unpaired) electrons. The van der Waals surface area contributed by atoms with E-state index in [4.69, 9.17) is 4.74 Å². The number of phenols is 1. The number of hydrogen-bond acceptors (Lipinski definition) is 6. The van der Waals surface area contributed by atoms with Gasteiger partial charge in [-0.1, -0.05) is 12.1 Å². The lowest BCUT2D eigenvalue weighted by atomic mass is 10.1. The van der Waals surface area contributed by atoms with Gasteiger partial charge in [0.1, 0.15) is 11.6 Å². The third-order valence-electron chi connectivity index (χ3n) is 4.48. The Balaban J connectivity index is 1.66. The van der Waals surface area contributed by atoms with E-state index in [1.807, 2.05) is 42.2 Å². The fourth-order valence-electron chi connectivity index (χ4n) is 3.26. The predicted molar refractivity (Wildman–Crippen MR) is 106 cm³/mol. The second kappa shape index (κ2) is 7.54. The Kier molecular flexibility index (Phi) is 4.96. The molecule has 1 aliphatic heterocycles. The molecular weight excluding hydrogens is 362 g/mol. The number of carbonyl (C=O) groups excluding carboxylic acids is 1. The number of amides is 1. The van der Waals surface area contributed by atoms with Crippen molar-refractivity contribution in [2.24, 2.45) is 0 Å². The van der Waals surface area contributed by atoms with Crippen LogP contribution in [0.5, 0.6) is 11.5 Å². The van der Waals surface area contributed by atoms with Gasteiger partial charge in [0.15, 0.2) is 11.5 Å². The van der Waals surface area contributed by atoms with Gasteiger partial charge >= 0.3 is 0 Å². The van der Waals surface area contributed by atoms with Crippen molar-refractivity contribution in [3.8, 4) is 22.1 Å². The third-order valence-corrected chi connectivity index (χ3v) is 5.56. The van der Waals surface area contributed by atoms with Gasteiger partial charge in [0.25, 0.3) is 0 Å². The van der Waals surface area contributed by atoms with Crippen molar-refractivity contribution in [1.29, 1.82) is 0 Å². The van der Waals surface area contributed by atoms with E-state index in [-0.39, 0.29) is 11.7 Å². The largest absolute Gasteiger partial charge is 0.504 e. The van der Waals surface area contributed by atoms with Crippen molar-refractivity contribution in [3.63, 3.8) is 0 Å². The Labute approximate surface area is 161 Å². The highest BCUT2D eigenvalue weighted by atomic mass is 32.1. The zero-order valence-corrected chi connectivity index (χ0v) is 15.9. The van der Waals surface area contributed by atoms with Gasteiger partial charge in [-0.25, -0.2) is 4.98 Å². The van der Waals surface area contributed by atoms with E-state index in [9.17, 15) is 9.90 Å². The number of hydrogen-bond donors (Lipinski definition) is 2. The van der Waals surface area contributed by atoms with Crippen LogP contribution in [0.1, 0.15) is 12.5 Å². The van der Waals surface area contributed by atoms with Crippen LogP contribution in [0.4, 0.5) is 0 Å². The molecule has 6 nitrogen and oxygen atoms in total. The first-order valence-corrected chi connectivity index (χ1v) is 9.79. The number of phenolic OH excluding ortho intramolecular Hbond substituents is 1. The van der Waals surface area contributed by atoms with Crippen LogP contribution < -0.4 is 10.1 Å². The summed E-state index contributed by atoms with van der Waals surface area (Å²) >= 11 is 1.59. The number of benzene rings is 2. The normalized spacial score (nSPS) is 14.4. The van der Waals surface area contributed by atoms with E-state index in [0.717, 1.165) is 26.4 Å². The minimum absolute atomic E-state index is 0.00694. The average Bonchev–Trinajstić information content (AvgIpc) is 2.97. The summed E-state index contributed by atoms with van der Waals surface area (Å²) < 4.78 is 6.87. The zero-order chi connectivity index (χ0) is 18.8. The number of likely N-dealkylation sites (N-methyl/N-ethyl adjacent to an activating group) is 1. The lowest BCUT2D eigenvalue weighted by Crippen LogP contribution is -2.37. The fourth-order valence-corrected chi connectivity index (χ4v) is 4.22. The quantitative estimate of drug-likeness (QED) is 0.724. The predicted octanol–water partition coefficient (Wildman–Crippen LogP) is 3.00. The number of nitrogens with one attached hydrogen (secondary N) is 1. The summed E-state index contributed by atoms with van der Waals surface area (Å²) in [7, 11) is 0. The van der Waals surface area contributed by atoms with E-state index >= 15 is 0 Å². The molecule has 0 saturated heterocycles. The van der Waals surface area contributed by atoms with Crippen LogP contribution in [0.15, 0.2) is 36.4 Å². The molecule has 0 unspecified atom stereocenters. The first-order chi connectivity index (χ1) is 13.1. The minimum Gasteiger partial charge on any atom is -0.504 e. The molecule has 0 saturated carbocycles. The van der Waals surface area contributed by atoms with Crippen LogP contribution in [0.3, 0.4) is 0 Å². The zero-order valence-electron chi connectivity index (χ0n) is 15.1. The lowest BCUT2D eigenvalue weighted by Gasteiger charge is -2.18. The van der Waals surface area contributed by atoms with Crippen molar-refractivity contribution in [1.82, 2.24) is 15.2 Å². The third kappa shape index (κ3) is 3.74.